The van der Waals surface area contributed by atoms with Crippen LogP contribution < -0.4 is 16.1 Å². The van der Waals surface area contributed by atoms with Crippen molar-refractivity contribution in [3.63, 3.8) is 0 Å². The molecule has 2 aromatic rings. The van der Waals surface area contributed by atoms with Crippen molar-refractivity contribution in [2.45, 2.75) is 103 Å². The van der Waals surface area contributed by atoms with E-state index in [1.165, 1.54) is 63.4 Å². The monoisotopic (exact) mass is 493 g/mol. The summed E-state index contributed by atoms with van der Waals surface area (Å²) in [6.45, 7) is 5.58. The molecule has 36 heavy (non-hydrogen) atoms. The molecule has 3 N–H and O–H groups in total. The highest BCUT2D eigenvalue weighted by molar-refractivity contribution is 5.86. The molecule has 3 heterocycles. The number of fused-ring (bicyclic) bond motifs is 1. The van der Waals surface area contributed by atoms with Crippen molar-refractivity contribution in [3.8, 4) is 0 Å². The fourth-order valence-corrected chi connectivity index (χ4v) is 6.20. The highest BCUT2D eigenvalue weighted by Crippen LogP contribution is 2.37. The third-order valence-electron chi connectivity index (χ3n) is 8.79. The Bertz CT molecular complexity index is 1150. The smallest absolute Gasteiger partial charge is 0.365 e. The van der Waals surface area contributed by atoms with E-state index in [4.69, 9.17) is 19.8 Å². The number of carbonyl (C=O) groups is 1. The molecule has 3 aliphatic carbocycles. The molecule has 1 saturated heterocycles. The molecular weight excluding hydrogens is 454 g/mol. The van der Waals surface area contributed by atoms with Crippen molar-refractivity contribution in [2.24, 2.45) is 17.8 Å². The molecule has 6 rings (SSSR count). The van der Waals surface area contributed by atoms with Gasteiger partial charge in [-0.25, -0.2) is 19.7 Å². The molecule has 0 bridgehead atoms. The minimum Gasteiger partial charge on any atom is -0.365 e. The molecule has 9 heteroatoms. The summed E-state index contributed by atoms with van der Waals surface area (Å²) in [6, 6.07) is 0.309. The number of allylic oxidation sites excluding steroid dienone is 2. The molecule has 2 saturated carbocycles. The molecule has 2 aromatic heterocycles. The van der Waals surface area contributed by atoms with Gasteiger partial charge in [0.2, 0.25) is 0 Å². The number of hydrogen-bond donors (Lipinski definition) is 3. The van der Waals surface area contributed by atoms with Gasteiger partial charge in [0.15, 0.2) is 23.5 Å². The summed E-state index contributed by atoms with van der Waals surface area (Å²) in [7, 11) is 0. The predicted molar refractivity (Wildman–Crippen MR) is 139 cm³/mol. The zero-order valence-electron chi connectivity index (χ0n) is 21.6. The fourth-order valence-electron chi connectivity index (χ4n) is 6.20. The van der Waals surface area contributed by atoms with Gasteiger partial charge in [-0.15, -0.1) is 5.48 Å². The number of hydroxylamine groups is 1. The number of amides is 1. The number of rotatable bonds is 7. The second kappa shape index (κ2) is 10.00. The summed E-state index contributed by atoms with van der Waals surface area (Å²) in [5.74, 6) is 4.46. The van der Waals surface area contributed by atoms with E-state index in [1.54, 1.807) is 0 Å². The average Bonchev–Trinajstić information content (AvgIpc) is 3.44. The van der Waals surface area contributed by atoms with E-state index in [-0.39, 0.29) is 0 Å². The van der Waals surface area contributed by atoms with Gasteiger partial charge < -0.3 is 14.7 Å². The van der Waals surface area contributed by atoms with Crippen LogP contribution >= 0.6 is 0 Å². The lowest BCUT2D eigenvalue weighted by Gasteiger charge is -2.32. The first kappa shape index (κ1) is 23.7. The molecule has 0 aromatic carbocycles. The summed E-state index contributed by atoms with van der Waals surface area (Å²) < 4.78 is 2.42. The zero-order chi connectivity index (χ0) is 24.6. The summed E-state index contributed by atoms with van der Waals surface area (Å²) in [6.07, 6.45) is 14.8. The van der Waals surface area contributed by atoms with Gasteiger partial charge in [-0.2, -0.15) is 0 Å². The van der Waals surface area contributed by atoms with Gasteiger partial charge in [0, 0.05) is 12.6 Å². The first-order valence-electron chi connectivity index (χ1n) is 14.0. The van der Waals surface area contributed by atoms with Crippen molar-refractivity contribution < 1.29 is 9.63 Å². The Balaban J connectivity index is 1.45. The molecule has 1 amide bonds. The Morgan fingerprint density at radius 3 is 2.61 bits per heavy atom. The van der Waals surface area contributed by atoms with E-state index in [1.807, 2.05) is 0 Å². The summed E-state index contributed by atoms with van der Waals surface area (Å²) >= 11 is 0. The Kier molecular flexibility index (Phi) is 6.58. The lowest BCUT2D eigenvalue weighted by Crippen LogP contribution is -2.32. The molecule has 0 radical (unpaired) electrons. The first-order valence-corrected chi connectivity index (χ1v) is 14.0. The van der Waals surface area contributed by atoms with Crippen LogP contribution in [0, 0.1) is 17.8 Å². The van der Waals surface area contributed by atoms with Gasteiger partial charge in [-0.3, -0.25) is 5.32 Å². The lowest BCUT2D eigenvalue weighted by molar-refractivity contribution is 0.120. The number of nitrogens with one attached hydrogen (secondary N) is 3. The number of imidazole rings is 1. The average molecular weight is 494 g/mol. The first-order chi connectivity index (χ1) is 17.5. The van der Waals surface area contributed by atoms with E-state index < -0.39 is 12.3 Å². The molecule has 4 aliphatic rings. The molecule has 2 atom stereocenters. The van der Waals surface area contributed by atoms with Gasteiger partial charge in [-0.1, -0.05) is 32.3 Å². The third-order valence-corrected chi connectivity index (χ3v) is 8.79. The van der Waals surface area contributed by atoms with Crippen LogP contribution in [0.15, 0.2) is 6.08 Å². The minimum atomic E-state index is -0.594. The van der Waals surface area contributed by atoms with Crippen LogP contribution in [0.25, 0.3) is 16.7 Å². The van der Waals surface area contributed by atoms with E-state index >= 15 is 0 Å². The number of hydrogen-bond acceptors (Lipinski definition) is 7. The van der Waals surface area contributed by atoms with Crippen LogP contribution in [0.3, 0.4) is 0 Å². The highest BCUT2D eigenvalue weighted by Gasteiger charge is 2.32. The highest BCUT2D eigenvalue weighted by atomic mass is 16.7. The predicted octanol–water partition coefficient (Wildman–Crippen LogP) is 5.45. The fraction of sp³-hybridized carbons (Fsp3) is 0.704. The molecular formula is C27H39N7O2. The number of nitrogens with zero attached hydrogens (tertiary/aromatic N) is 4. The number of carbonyl (C=O) groups excluding carboxylic acids is 1. The topological polar surface area (TPSA) is 106 Å². The second-order valence-corrected chi connectivity index (χ2v) is 11.5. The number of anilines is 1. The third kappa shape index (κ3) is 4.69. The molecule has 3 fully saturated rings. The van der Waals surface area contributed by atoms with Crippen LogP contribution in [0.5, 0.6) is 0 Å². The van der Waals surface area contributed by atoms with Crippen LogP contribution in [0.4, 0.5) is 10.6 Å². The second-order valence-electron chi connectivity index (χ2n) is 11.5. The largest absolute Gasteiger partial charge is 0.427 e. The maximum absolute atomic E-state index is 11.7. The summed E-state index contributed by atoms with van der Waals surface area (Å²) in [5, 5.41) is 6.49. The van der Waals surface area contributed by atoms with Gasteiger partial charge >= 0.3 is 6.09 Å². The molecule has 1 aliphatic heterocycles. The molecule has 1 unspecified atom stereocenters. The van der Waals surface area contributed by atoms with Crippen molar-refractivity contribution in [3.05, 3.63) is 17.7 Å². The Labute approximate surface area is 212 Å². The maximum Gasteiger partial charge on any atom is 0.427 e. The van der Waals surface area contributed by atoms with Gasteiger partial charge in [0.05, 0.1) is 0 Å². The van der Waals surface area contributed by atoms with Crippen LogP contribution in [-0.4, -0.2) is 31.7 Å². The van der Waals surface area contributed by atoms with E-state index in [0.29, 0.717) is 29.3 Å². The lowest BCUT2D eigenvalue weighted by atomic mass is 9.80. The number of aromatic nitrogens is 4. The molecule has 194 valence electrons. The molecule has 9 nitrogen and oxygen atoms in total. The summed E-state index contributed by atoms with van der Waals surface area (Å²) in [5.41, 5.74) is 5.73. The standard InChI is InChI=1S/C27H39N7O2/c1-16-11-13-18(14-12-16)15-34-21-22(28-17(2)19-9-6-10-19)29-24(25-32-27(35)36-33-25)30-23(21)31-26(34)20-7-4-3-5-8-20/h7,16-19,25,33H,3-6,8-15H2,1-2H3,(H,32,35)(H,28,29,30)/t16?,17-,18?,25?/m1/s1. The van der Waals surface area contributed by atoms with Gasteiger partial charge in [0.1, 0.15) is 11.3 Å². The van der Waals surface area contributed by atoms with Crippen LogP contribution in [-0.2, 0) is 11.4 Å². The van der Waals surface area contributed by atoms with Gasteiger partial charge in [0.25, 0.3) is 0 Å². The Morgan fingerprint density at radius 1 is 1.11 bits per heavy atom. The SMILES string of the molecule is CC1CCC(Cn2c(C3=CCCCC3)nc3nc(C4NOC(=O)N4)nc(N[C@H](C)C4CCC4)c32)CC1. The van der Waals surface area contributed by atoms with Crippen molar-refractivity contribution >= 4 is 28.6 Å². The van der Waals surface area contributed by atoms with Crippen molar-refractivity contribution in [1.82, 2.24) is 30.3 Å². The van der Waals surface area contributed by atoms with Gasteiger partial charge in [-0.05, 0) is 81.6 Å². The van der Waals surface area contributed by atoms with Crippen LogP contribution in [0.2, 0.25) is 0 Å². The van der Waals surface area contributed by atoms with E-state index in [0.717, 1.165) is 42.5 Å². The molecule has 0 spiro atoms. The van der Waals surface area contributed by atoms with Crippen molar-refractivity contribution in [1.29, 1.82) is 0 Å². The maximum atomic E-state index is 11.7. The van der Waals surface area contributed by atoms with E-state index in [2.05, 4.69) is 40.6 Å². The van der Waals surface area contributed by atoms with Crippen LogP contribution in [0.1, 0.15) is 102 Å². The normalized spacial score (nSPS) is 27.8. The Hall–Kier alpha value is -2.68. The zero-order valence-corrected chi connectivity index (χ0v) is 21.6. The van der Waals surface area contributed by atoms with Crippen molar-refractivity contribution in [2.75, 3.05) is 5.32 Å². The van der Waals surface area contributed by atoms with E-state index in [9.17, 15) is 4.79 Å². The quantitative estimate of drug-likeness (QED) is 0.471. The Morgan fingerprint density at radius 2 is 1.94 bits per heavy atom. The minimum absolute atomic E-state index is 0.309. The summed E-state index contributed by atoms with van der Waals surface area (Å²) in [4.78, 5) is 31.6.